The van der Waals surface area contributed by atoms with E-state index in [0.717, 1.165) is 17.0 Å². The zero-order valence-electron chi connectivity index (χ0n) is 16.2. The first-order chi connectivity index (χ1) is 14.6. The van der Waals surface area contributed by atoms with Crippen LogP contribution in [0.5, 0.6) is 5.75 Å². The van der Waals surface area contributed by atoms with E-state index in [-0.39, 0.29) is 11.6 Å². The third kappa shape index (κ3) is 4.50. The molecular weight excluding hydrogens is 400 g/mol. The monoisotopic (exact) mass is 418 g/mol. The van der Waals surface area contributed by atoms with Gasteiger partial charge in [0, 0.05) is 17.3 Å². The summed E-state index contributed by atoms with van der Waals surface area (Å²) in [7, 11) is 1.62. The lowest BCUT2D eigenvalue weighted by molar-refractivity contribution is 0.0947. The first kappa shape index (κ1) is 19.7. The van der Waals surface area contributed by atoms with Crippen molar-refractivity contribution in [3.8, 4) is 5.75 Å². The molecule has 1 heterocycles. The number of para-hydroxylation sites is 2. The predicted octanol–water partition coefficient (Wildman–Crippen LogP) is 4.97. The standard InChI is InChI=1S/C23H19ClN4O2/c1-30-18-12-6-15(7-13-18)14-25-23(29)21-22(26-17-10-8-16(24)9-11-17)28-20-5-3-2-4-19(20)27-21/h2-13H,14H2,1H3,(H,25,29)(H,26,28). The molecule has 1 amide bonds. The zero-order valence-corrected chi connectivity index (χ0v) is 17.0. The summed E-state index contributed by atoms with van der Waals surface area (Å²) >= 11 is 5.97. The van der Waals surface area contributed by atoms with Crippen LogP contribution in [0.25, 0.3) is 11.0 Å². The maximum Gasteiger partial charge on any atom is 0.274 e. The highest BCUT2D eigenvalue weighted by molar-refractivity contribution is 6.30. The van der Waals surface area contributed by atoms with Crippen LogP contribution < -0.4 is 15.4 Å². The quantitative estimate of drug-likeness (QED) is 0.462. The van der Waals surface area contributed by atoms with Crippen LogP contribution in [-0.2, 0) is 6.54 Å². The van der Waals surface area contributed by atoms with Crippen molar-refractivity contribution in [1.82, 2.24) is 15.3 Å². The Balaban J connectivity index is 1.61. The fourth-order valence-corrected chi connectivity index (χ4v) is 3.05. The van der Waals surface area contributed by atoms with Crippen LogP contribution in [0.3, 0.4) is 0 Å². The Morgan fingerprint density at radius 1 is 0.933 bits per heavy atom. The number of amides is 1. The third-order valence-corrected chi connectivity index (χ3v) is 4.76. The van der Waals surface area contributed by atoms with Crippen molar-refractivity contribution in [2.24, 2.45) is 0 Å². The topological polar surface area (TPSA) is 76.1 Å². The number of hydrogen-bond donors (Lipinski definition) is 2. The normalized spacial score (nSPS) is 10.6. The largest absolute Gasteiger partial charge is 0.497 e. The second-order valence-electron chi connectivity index (χ2n) is 6.57. The number of benzene rings is 3. The Hall–Kier alpha value is -3.64. The summed E-state index contributed by atoms with van der Waals surface area (Å²) < 4.78 is 5.16. The predicted molar refractivity (Wildman–Crippen MR) is 118 cm³/mol. The smallest absolute Gasteiger partial charge is 0.274 e. The molecule has 0 bridgehead atoms. The first-order valence-corrected chi connectivity index (χ1v) is 9.71. The van der Waals surface area contributed by atoms with E-state index < -0.39 is 0 Å². The number of hydrogen-bond acceptors (Lipinski definition) is 5. The van der Waals surface area contributed by atoms with Crippen molar-refractivity contribution in [3.05, 3.63) is 89.1 Å². The number of rotatable bonds is 6. The fraction of sp³-hybridized carbons (Fsp3) is 0.0870. The molecule has 0 radical (unpaired) electrons. The summed E-state index contributed by atoms with van der Waals surface area (Å²) in [5, 5.41) is 6.71. The number of carbonyl (C=O) groups is 1. The van der Waals surface area contributed by atoms with E-state index in [2.05, 4.69) is 20.6 Å². The van der Waals surface area contributed by atoms with Crippen molar-refractivity contribution in [3.63, 3.8) is 0 Å². The molecule has 3 aromatic carbocycles. The summed E-state index contributed by atoms with van der Waals surface area (Å²) in [5.74, 6) is 0.823. The van der Waals surface area contributed by atoms with Crippen molar-refractivity contribution in [2.45, 2.75) is 6.54 Å². The van der Waals surface area contributed by atoms with Gasteiger partial charge in [-0.3, -0.25) is 4.79 Å². The van der Waals surface area contributed by atoms with Crippen molar-refractivity contribution >= 4 is 40.0 Å². The number of fused-ring (bicyclic) bond motifs is 1. The molecule has 0 saturated carbocycles. The van der Waals surface area contributed by atoms with Crippen molar-refractivity contribution in [2.75, 3.05) is 12.4 Å². The Morgan fingerprint density at radius 3 is 2.27 bits per heavy atom. The molecule has 0 unspecified atom stereocenters. The molecule has 0 aliphatic rings. The molecule has 1 aromatic heterocycles. The van der Waals surface area contributed by atoms with E-state index in [1.165, 1.54) is 0 Å². The summed E-state index contributed by atoms with van der Waals surface area (Å²) in [6.07, 6.45) is 0. The van der Waals surface area contributed by atoms with Gasteiger partial charge in [0.2, 0.25) is 0 Å². The Morgan fingerprint density at radius 2 is 1.60 bits per heavy atom. The number of methoxy groups -OCH3 is 1. The molecule has 0 saturated heterocycles. The van der Waals surface area contributed by atoms with Gasteiger partial charge in [0.25, 0.3) is 5.91 Å². The molecule has 150 valence electrons. The van der Waals surface area contributed by atoms with Gasteiger partial charge in [-0.2, -0.15) is 0 Å². The molecule has 0 spiro atoms. The molecule has 0 fully saturated rings. The Bertz CT molecular complexity index is 1180. The van der Waals surface area contributed by atoms with Gasteiger partial charge in [0.1, 0.15) is 5.75 Å². The van der Waals surface area contributed by atoms with Gasteiger partial charge in [-0.05, 0) is 54.1 Å². The molecule has 4 aromatic rings. The number of halogens is 1. The van der Waals surface area contributed by atoms with E-state index in [9.17, 15) is 4.79 Å². The number of nitrogens with one attached hydrogen (secondary N) is 2. The highest BCUT2D eigenvalue weighted by atomic mass is 35.5. The molecule has 4 rings (SSSR count). The van der Waals surface area contributed by atoms with Crippen LogP contribution in [0.15, 0.2) is 72.8 Å². The van der Waals surface area contributed by atoms with Gasteiger partial charge in [0.15, 0.2) is 11.5 Å². The fourth-order valence-electron chi connectivity index (χ4n) is 2.92. The SMILES string of the molecule is COc1ccc(CNC(=O)c2nc3ccccc3nc2Nc2ccc(Cl)cc2)cc1. The number of nitrogens with zero attached hydrogens (tertiary/aromatic N) is 2. The van der Waals surface area contributed by atoms with Gasteiger partial charge < -0.3 is 15.4 Å². The van der Waals surface area contributed by atoms with E-state index >= 15 is 0 Å². The second-order valence-corrected chi connectivity index (χ2v) is 7.01. The highest BCUT2D eigenvalue weighted by Crippen LogP contribution is 2.22. The maximum atomic E-state index is 13.0. The Labute approximate surface area is 178 Å². The van der Waals surface area contributed by atoms with Gasteiger partial charge in [-0.1, -0.05) is 35.9 Å². The molecular formula is C23H19ClN4O2. The summed E-state index contributed by atoms with van der Waals surface area (Å²) in [6, 6.07) is 22.1. The van der Waals surface area contributed by atoms with Crippen LogP contribution in [0, 0.1) is 0 Å². The van der Waals surface area contributed by atoms with Crippen LogP contribution in [-0.4, -0.2) is 23.0 Å². The third-order valence-electron chi connectivity index (χ3n) is 4.50. The molecule has 7 heteroatoms. The molecule has 6 nitrogen and oxygen atoms in total. The highest BCUT2D eigenvalue weighted by Gasteiger charge is 2.17. The van der Waals surface area contributed by atoms with E-state index in [1.54, 1.807) is 19.2 Å². The minimum atomic E-state index is -0.319. The molecule has 30 heavy (non-hydrogen) atoms. The van der Waals surface area contributed by atoms with Crippen LogP contribution in [0.4, 0.5) is 11.5 Å². The summed E-state index contributed by atoms with van der Waals surface area (Å²) in [4.78, 5) is 22.1. The van der Waals surface area contributed by atoms with Gasteiger partial charge in [-0.25, -0.2) is 9.97 Å². The molecule has 0 aliphatic carbocycles. The van der Waals surface area contributed by atoms with E-state index in [1.807, 2.05) is 60.7 Å². The molecule has 0 aliphatic heterocycles. The number of aromatic nitrogens is 2. The first-order valence-electron chi connectivity index (χ1n) is 9.33. The molecule has 0 atom stereocenters. The summed E-state index contributed by atoms with van der Waals surface area (Å²) in [5.41, 5.74) is 3.27. The van der Waals surface area contributed by atoms with Gasteiger partial charge >= 0.3 is 0 Å². The average Bonchev–Trinajstić information content (AvgIpc) is 2.79. The van der Waals surface area contributed by atoms with Crippen LogP contribution >= 0.6 is 11.6 Å². The van der Waals surface area contributed by atoms with E-state index in [0.29, 0.717) is 28.4 Å². The number of ether oxygens (including phenoxy) is 1. The second kappa shape index (κ2) is 8.80. The van der Waals surface area contributed by atoms with Gasteiger partial charge in [-0.15, -0.1) is 0 Å². The van der Waals surface area contributed by atoms with Crippen LogP contribution in [0.1, 0.15) is 16.1 Å². The Kier molecular flexibility index (Phi) is 5.77. The average molecular weight is 419 g/mol. The van der Waals surface area contributed by atoms with Crippen molar-refractivity contribution < 1.29 is 9.53 Å². The van der Waals surface area contributed by atoms with Crippen molar-refractivity contribution in [1.29, 1.82) is 0 Å². The minimum Gasteiger partial charge on any atom is -0.497 e. The number of carbonyl (C=O) groups excluding carboxylic acids is 1. The lowest BCUT2D eigenvalue weighted by atomic mass is 10.2. The maximum absolute atomic E-state index is 13.0. The summed E-state index contributed by atoms with van der Waals surface area (Å²) in [6.45, 7) is 0.359. The van der Waals surface area contributed by atoms with Crippen LogP contribution in [0.2, 0.25) is 5.02 Å². The van der Waals surface area contributed by atoms with E-state index in [4.69, 9.17) is 16.3 Å². The lowest BCUT2D eigenvalue weighted by Gasteiger charge is -2.12. The molecule has 2 N–H and O–H groups in total. The number of anilines is 2. The minimum absolute atomic E-state index is 0.220. The zero-order chi connectivity index (χ0) is 20.9. The lowest BCUT2D eigenvalue weighted by Crippen LogP contribution is -2.25. The van der Waals surface area contributed by atoms with Gasteiger partial charge in [0.05, 0.1) is 18.1 Å².